The molecule has 1 aromatic rings. The molecule has 0 aliphatic rings. The van der Waals surface area contributed by atoms with Crippen molar-refractivity contribution in [2.24, 2.45) is 0 Å². The highest BCUT2D eigenvalue weighted by Crippen LogP contribution is 2.28. The van der Waals surface area contributed by atoms with Crippen LogP contribution in [0.3, 0.4) is 0 Å². The molecule has 0 aromatic heterocycles. The lowest BCUT2D eigenvalue weighted by molar-refractivity contribution is -0.143. The molecule has 140 valence electrons. The molecule has 0 heterocycles. The van der Waals surface area contributed by atoms with Gasteiger partial charge >= 0.3 is 11.9 Å². The van der Waals surface area contributed by atoms with E-state index in [1.165, 1.54) is 0 Å². The van der Waals surface area contributed by atoms with Gasteiger partial charge in [0.15, 0.2) is 11.5 Å². The van der Waals surface area contributed by atoms with Crippen molar-refractivity contribution in [3.63, 3.8) is 0 Å². The lowest BCUT2D eigenvalue weighted by Crippen LogP contribution is -2.06. The minimum atomic E-state index is -0.381. The van der Waals surface area contributed by atoms with Crippen LogP contribution >= 0.6 is 0 Å². The fourth-order valence-electron chi connectivity index (χ4n) is 2.27. The molecule has 0 atom stereocenters. The predicted octanol–water partition coefficient (Wildman–Crippen LogP) is 3.76. The SMILES string of the molecule is CCOC(=O)CCCCCCOc1cc(C(=O)OCC)ccc1OC. The summed E-state index contributed by atoms with van der Waals surface area (Å²) >= 11 is 0. The van der Waals surface area contributed by atoms with E-state index in [0.29, 0.717) is 43.3 Å². The molecule has 0 radical (unpaired) electrons. The Morgan fingerprint density at radius 2 is 1.64 bits per heavy atom. The molecule has 0 spiro atoms. The summed E-state index contributed by atoms with van der Waals surface area (Å²) in [6, 6.07) is 4.98. The predicted molar refractivity (Wildman–Crippen MR) is 94.2 cm³/mol. The van der Waals surface area contributed by atoms with Crippen LogP contribution in [0, 0.1) is 0 Å². The van der Waals surface area contributed by atoms with Crippen molar-refractivity contribution in [3.05, 3.63) is 23.8 Å². The molecule has 6 nitrogen and oxygen atoms in total. The van der Waals surface area contributed by atoms with Gasteiger partial charge in [-0.3, -0.25) is 4.79 Å². The van der Waals surface area contributed by atoms with Crippen molar-refractivity contribution in [3.8, 4) is 11.5 Å². The van der Waals surface area contributed by atoms with Crippen LogP contribution in [-0.2, 0) is 14.3 Å². The molecule has 6 heteroatoms. The maximum absolute atomic E-state index is 11.8. The van der Waals surface area contributed by atoms with Gasteiger partial charge in [-0.15, -0.1) is 0 Å². The van der Waals surface area contributed by atoms with Gasteiger partial charge in [0.2, 0.25) is 0 Å². The Balaban J connectivity index is 2.37. The van der Waals surface area contributed by atoms with Gasteiger partial charge in [0.25, 0.3) is 0 Å². The van der Waals surface area contributed by atoms with Crippen LogP contribution in [-0.4, -0.2) is 38.9 Å². The van der Waals surface area contributed by atoms with E-state index in [2.05, 4.69) is 0 Å². The summed E-state index contributed by atoms with van der Waals surface area (Å²) in [5, 5.41) is 0. The summed E-state index contributed by atoms with van der Waals surface area (Å²) < 4.78 is 20.9. The molecule has 1 aromatic carbocycles. The number of hydrogen-bond acceptors (Lipinski definition) is 6. The zero-order chi connectivity index (χ0) is 18.5. The quantitative estimate of drug-likeness (QED) is 0.421. The van der Waals surface area contributed by atoms with Gasteiger partial charge in [0, 0.05) is 6.42 Å². The van der Waals surface area contributed by atoms with Crippen LogP contribution in [0.2, 0.25) is 0 Å². The molecule has 0 aliphatic carbocycles. The molecule has 0 unspecified atom stereocenters. The van der Waals surface area contributed by atoms with Crippen LogP contribution in [0.4, 0.5) is 0 Å². The normalized spacial score (nSPS) is 10.2. The molecule has 0 saturated heterocycles. The Kier molecular flexibility index (Phi) is 10.1. The number of ether oxygens (including phenoxy) is 4. The highest BCUT2D eigenvalue weighted by atomic mass is 16.5. The molecule has 0 aliphatic heterocycles. The van der Waals surface area contributed by atoms with E-state index < -0.39 is 0 Å². The van der Waals surface area contributed by atoms with E-state index >= 15 is 0 Å². The monoisotopic (exact) mass is 352 g/mol. The summed E-state index contributed by atoms with van der Waals surface area (Å²) in [6.07, 6.45) is 4.04. The minimum absolute atomic E-state index is 0.140. The van der Waals surface area contributed by atoms with E-state index in [-0.39, 0.29) is 11.9 Å². The summed E-state index contributed by atoms with van der Waals surface area (Å²) in [4.78, 5) is 23.0. The molecule has 0 N–H and O–H groups in total. The highest BCUT2D eigenvalue weighted by Gasteiger charge is 2.12. The van der Waals surface area contributed by atoms with Crippen LogP contribution in [0.1, 0.15) is 56.3 Å². The molecule has 0 bridgehead atoms. The third-order valence-corrected chi connectivity index (χ3v) is 3.51. The van der Waals surface area contributed by atoms with Gasteiger partial charge in [-0.05, 0) is 44.9 Å². The van der Waals surface area contributed by atoms with Gasteiger partial charge in [0.05, 0.1) is 32.5 Å². The largest absolute Gasteiger partial charge is 0.493 e. The first kappa shape index (κ1) is 20.8. The van der Waals surface area contributed by atoms with Gasteiger partial charge < -0.3 is 18.9 Å². The van der Waals surface area contributed by atoms with E-state index in [4.69, 9.17) is 18.9 Å². The topological polar surface area (TPSA) is 71.1 Å². The minimum Gasteiger partial charge on any atom is -0.493 e. The Morgan fingerprint density at radius 3 is 2.32 bits per heavy atom. The lowest BCUT2D eigenvalue weighted by Gasteiger charge is -2.12. The standard InChI is InChI=1S/C19H28O6/c1-4-23-18(20)10-8-6-7-9-13-25-17-14-15(19(21)24-5-2)11-12-16(17)22-3/h11-12,14H,4-10,13H2,1-3H3. The van der Waals surface area contributed by atoms with E-state index in [9.17, 15) is 9.59 Å². The van der Waals surface area contributed by atoms with E-state index in [1.807, 2.05) is 0 Å². The average molecular weight is 352 g/mol. The van der Waals surface area contributed by atoms with Gasteiger partial charge in [0.1, 0.15) is 0 Å². The summed E-state index contributed by atoms with van der Waals surface area (Å²) in [5.41, 5.74) is 0.437. The second kappa shape index (κ2) is 12.2. The summed E-state index contributed by atoms with van der Waals surface area (Å²) in [6.45, 7) is 4.84. The maximum atomic E-state index is 11.8. The van der Waals surface area contributed by atoms with Crippen LogP contribution in [0.25, 0.3) is 0 Å². The molecule has 1 rings (SSSR count). The van der Waals surface area contributed by atoms with Crippen LogP contribution in [0.15, 0.2) is 18.2 Å². The zero-order valence-corrected chi connectivity index (χ0v) is 15.3. The third-order valence-electron chi connectivity index (χ3n) is 3.51. The smallest absolute Gasteiger partial charge is 0.338 e. The number of hydrogen-bond donors (Lipinski definition) is 0. The Hall–Kier alpha value is -2.24. The molecule has 0 amide bonds. The van der Waals surface area contributed by atoms with Crippen molar-refractivity contribution in [2.75, 3.05) is 26.9 Å². The zero-order valence-electron chi connectivity index (χ0n) is 15.3. The summed E-state index contributed by atoms with van der Waals surface area (Å²) in [7, 11) is 1.56. The fraction of sp³-hybridized carbons (Fsp3) is 0.579. The number of methoxy groups -OCH3 is 1. The third kappa shape index (κ3) is 7.92. The van der Waals surface area contributed by atoms with Crippen molar-refractivity contribution >= 4 is 11.9 Å². The maximum Gasteiger partial charge on any atom is 0.338 e. The van der Waals surface area contributed by atoms with Crippen LogP contribution in [0.5, 0.6) is 11.5 Å². The summed E-state index contributed by atoms with van der Waals surface area (Å²) in [5.74, 6) is 0.586. The van der Waals surface area contributed by atoms with Gasteiger partial charge in [-0.1, -0.05) is 12.8 Å². The lowest BCUT2D eigenvalue weighted by atomic mass is 10.1. The first-order valence-electron chi connectivity index (χ1n) is 8.75. The van der Waals surface area contributed by atoms with E-state index in [0.717, 1.165) is 25.7 Å². The number of carbonyl (C=O) groups excluding carboxylic acids is 2. The molecular weight excluding hydrogens is 324 g/mol. The van der Waals surface area contributed by atoms with Crippen LogP contribution < -0.4 is 9.47 Å². The number of benzene rings is 1. The highest BCUT2D eigenvalue weighted by molar-refractivity contribution is 5.90. The molecule has 25 heavy (non-hydrogen) atoms. The van der Waals surface area contributed by atoms with Gasteiger partial charge in [-0.25, -0.2) is 4.79 Å². The number of carbonyl (C=O) groups is 2. The fourth-order valence-corrected chi connectivity index (χ4v) is 2.27. The van der Waals surface area contributed by atoms with Crippen molar-refractivity contribution in [1.82, 2.24) is 0 Å². The van der Waals surface area contributed by atoms with Crippen molar-refractivity contribution < 1.29 is 28.5 Å². The van der Waals surface area contributed by atoms with Crippen molar-refractivity contribution in [2.45, 2.75) is 46.0 Å². The number of rotatable bonds is 12. The van der Waals surface area contributed by atoms with Crippen molar-refractivity contribution in [1.29, 1.82) is 0 Å². The first-order chi connectivity index (χ1) is 12.1. The second-order valence-corrected chi connectivity index (χ2v) is 5.40. The van der Waals surface area contributed by atoms with E-state index in [1.54, 1.807) is 39.2 Å². The molecule has 0 fully saturated rings. The number of esters is 2. The second-order valence-electron chi connectivity index (χ2n) is 5.40. The molecule has 0 saturated carbocycles. The Morgan fingerprint density at radius 1 is 0.920 bits per heavy atom. The Bertz CT molecular complexity index is 541. The average Bonchev–Trinajstić information content (AvgIpc) is 2.61. The number of unbranched alkanes of at least 4 members (excludes halogenated alkanes) is 3. The Labute approximate surface area is 149 Å². The van der Waals surface area contributed by atoms with Gasteiger partial charge in [-0.2, -0.15) is 0 Å². The first-order valence-corrected chi connectivity index (χ1v) is 8.75. The molecular formula is C19H28O6.